The summed E-state index contributed by atoms with van der Waals surface area (Å²) in [6.07, 6.45) is 3.34. The molecule has 0 spiro atoms. The second-order valence-electron chi connectivity index (χ2n) is 9.82. The molecule has 3 nitrogen and oxygen atoms in total. The first-order valence-electron chi connectivity index (χ1n) is 14.2. The second kappa shape index (κ2) is 19.2. The Morgan fingerprint density at radius 2 is 1.15 bits per heavy atom. The lowest BCUT2D eigenvalue weighted by atomic mass is 9.95. The standard InChI is InChI=1S/C14H21N.C13H12N2.C8H10.C2H6/c1-4-13(9-11(2)3)14-7-5-12(10-15)6-8-14;14-13(15)12-8-6-11(7-9-12)10-4-2-1-3-5-10;1-7-3-5-8(2)6-4-7;1-2/h4-8,11H,9-10,15H2,1-3H3;1-9H,(H3,14,15);3-6H,1-2H3;1-2H3/b13-4+;;;. The van der Waals surface area contributed by atoms with Crippen molar-refractivity contribution in [3.05, 3.63) is 137 Å². The first-order valence-corrected chi connectivity index (χ1v) is 14.2. The molecule has 0 fully saturated rings. The van der Waals surface area contributed by atoms with Crippen LogP contribution in [0.25, 0.3) is 16.7 Å². The summed E-state index contributed by atoms with van der Waals surface area (Å²) in [7, 11) is 0. The van der Waals surface area contributed by atoms with Gasteiger partial charge < -0.3 is 11.5 Å². The summed E-state index contributed by atoms with van der Waals surface area (Å²) < 4.78 is 0. The molecule has 0 saturated carbocycles. The lowest BCUT2D eigenvalue weighted by Gasteiger charge is -2.10. The van der Waals surface area contributed by atoms with Crippen molar-refractivity contribution in [3.63, 3.8) is 0 Å². The summed E-state index contributed by atoms with van der Waals surface area (Å²) in [5, 5.41) is 7.29. The van der Waals surface area contributed by atoms with Gasteiger partial charge in [-0.3, -0.25) is 5.41 Å². The smallest absolute Gasteiger partial charge is 0.122 e. The van der Waals surface area contributed by atoms with Crippen molar-refractivity contribution in [3.8, 4) is 11.1 Å². The molecule has 0 saturated heterocycles. The number of amidine groups is 1. The number of nitrogens with one attached hydrogen (secondary N) is 1. The van der Waals surface area contributed by atoms with Gasteiger partial charge in [0.1, 0.15) is 5.84 Å². The van der Waals surface area contributed by atoms with Crippen LogP contribution in [-0.2, 0) is 6.54 Å². The van der Waals surface area contributed by atoms with Gasteiger partial charge in [-0.15, -0.1) is 0 Å². The van der Waals surface area contributed by atoms with E-state index in [-0.39, 0.29) is 5.84 Å². The molecule has 4 aromatic carbocycles. The Kier molecular flexibility index (Phi) is 16.3. The molecule has 0 unspecified atom stereocenters. The molecule has 3 heteroatoms. The van der Waals surface area contributed by atoms with E-state index in [1.807, 2.05) is 56.3 Å². The third-order valence-corrected chi connectivity index (χ3v) is 6.06. The van der Waals surface area contributed by atoms with E-state index in [1.165, 1.54) is 33.4 Å². The van der Waals surface area contributed by atoms with Crippen molar-refractivity contribution in [2.24, 2.45) is 17.4 Å². The van der Waals surface area contributed by atoms with Crippen LogP contribution < -0.4 is 11.5 Å². The van der Waals surface area contributed by atoms with Crippen LogP contribution in [0.2, 0.25) is 0 Å². The number of hydrogen-bond acceptors (Lipinski definition) is 2. The fourth-order valence-corrected chi connectivity index (χ4v) is 3.81. The number of benzene rings is 4. The average molecular weight is 536 g/mol. The number of nitrogen functional groups attached to an aromatic ring is 1. The van der Waals surface area contributed by atoms with Gasteiger partial charge in [0.25, 0.3) is 0 Å². The van der Waals surface area contributed by atoms with Gasteiger partial charge in [0.15, 0.2) is 0 Å². The van der Waals surface area contributed by atoms with Gasteiger partial charge in [0.2, 0.25) is 0 Å². The second-order valence-corrected chi connectivity index (χ2v) is 9.82. The molecule has 0 amide bonds. The van der Waals surface area contributed by atoms with Gasteiger partial charge in [-0.2, -0.15) is 0 Å². The Morgan fingerprint density at radius 1 is 0.700 bits per heavy atom. The predicted molar refractivity (Wildman–Crippen MR) is 178 cm³/mol. The van der Waals surface area contributed by atoms with Crippen molar-refractivity contribution < 1.29 is 0 Å². The lowest BCUT2D eigenvalue weighted by Crippen LogP contribution is -2.10. The van der Waals surface area contributed by atoms with Gasteiger partial charge in [-0.25, -0.2) is 0 Å². The summed E-state index contributed by atoms with van der Waals surface area (Å²) in [6, 6.07) is 34.8. The van der Waals surface area contributed by atoms with Crippen LogP contribution in [0.1, 0.15) is 68.9 Å². The molecule has 0 aliphatic rings. The zero-order valence-electron chi connectivity index (χ0n) is 25.5. The van der Waals surface area contributed by atoms with Gasteiger partial charge in [-0.1, -0.05) is 148 Å². The van der Waals surface area contributed by atoms with Gasteiger partial charge in [0.05, 0.1) is 0 Å². The zero-order chi connectivity index (χ0) is 29.9. The molecule has 0 radical (unpaired) electrons. The maximum atomic E-state index is 7.29. The van der Waals surface area contributed by atoms with Gasteiger partial charge in [0, 0.05) is 12.1 Å². The number of allylic oxidation sites excluding steroid dienone is 2. The molecular weight excluding hydrogens is 486 g/mol. The van der Waals surface area contributed by atoms with Crippen molar-refractivity contribution in [2.45, 2.75) is 61.4 Å². The number of aryl methyl sites for hydroxylation is 2. The average Bonchev–Trinajstić information content (AvgIpc) is 2.99. The minimum Gasteiger partial charge on any atom is -0.384 e. The molecule has 0 aliphatic carbocycles. The highest BCUT2D eigenvalue weighted by atomic mass is 14.7. The van der Waals surface area contributed by atoms with Crippen LogP contribution in [-0.4, -0.2) is 5.84 Å². The Balaban J connectivity index is 0.000000303. The molecule has 212 valence electrons. The molecule has 5 N–H and O–H groups in total. The topological polar surface area (TPSA) is 75.9 Å². The maximum absolute atomic E-state index is 7.29. The molecule has 0 aliphatic heterocycles. The normalized spacial score (nSPS) is 10.3. The van der Waals surface area contributed by atoms with Crippen molar-refractivity contribution in [1.82, 2.24) is 0 Å². The number of nitrogens with two attached hydrogens (primary N) is 2. The van der Waals surface area contributed by atoms with E-state index >= 15 is 0 Å². The van der Waals surface area contributed by atoms with Crippen molar-refractivity contribution in [1.29, 1.82) is 5.41 Å². The fourth-order valence-electron chi connectivity index (χ4n) is 3.81. The molecule has 4 rings (SSSR count). The van der Waals surface area contributed by atoms with Crippen LogP contribution in [0, 0.1) is 25.2 Å². The summed E-state index contributed by atoms with van der Waals surface area (Å²) in [5.41, 5.74) is 20.6. The van der Waals surface area contributed by atoms with Gasteiger partial charge >= 0.3 is 0 Å². The molecule has 4 aromatic rings. The number of hydrogen-bond donors (Lipinski definition) is 3. The summed E-state index contributed by atoms with van der Waals surface area (Å²) in [4.78, 5) is 0. The Hall–Kier alpha value is -3.95. The predicted octanol–water partition coefficient (Wildman–Crippen LogP) is 9.56. The van der Waals surface area contributed by atoms with Crippen molar-refractivity contribution >= 4 is 11.4 Å². The molecule has 0 aromatic heterocycles. The van der Waals surface area contributed by atoms with Crippen molar-refractivity contribution in [2.75, 3.05) is 0 Å². The maximum Gasteiger partial charge on any atom is 0.122 e. The molecule has 0 bridgehead atoms. The first-order chi connectivity index (χ1) is 19.2. The number of rotatable bonds is 6. The lowest BCUT2D eigenvalue weighted by molar-refractivity contribution is 0.673. The SMILES string of the molecule is C/C=C(\CC(C)C)c1ccc(CN)cc1.CC.Cc1ccc(C)cc1.N=C(N)c1ccc(-c2ccccc2)cc1. The van der Waals surface area contributed by atoms with Crippen LogP contribution >= 0.6 is 0 Å². The summed E-state index contributed by atoms with van der Waals surface area (Å²) >= 11 is 0. The van der Waals surface area contributed by atoms with E-state index in [9.17, 15) is 0 Å². The highest BCUT2D eigenvalue weighted by Crippen LogP contribution is 2.22. The van der Waals surface area contributed by atoms with Crippen LogP contribution in [0.15, 0.2) is 109 Å². The van der Waals surface area contributed by atoms with E-state index < -0.39 is 0 Å². The molecular formula is C37H49N3. The minimum absolute atomic E-state index is 0.106. The fraction of sp³-hybridized carbons (Fsp3) is 0.270. The van der Waals surface area contributed by atoms with Crippen LogP contribution in [0.4, 0.5) is 0 Å². The zero-order valence-corrected chi connectivity index (χ0v) is 25.5. The first kappa shape index (κ1) is 34.1. The van der Waals surface area contributed by atoms with E-state index in [1.54, 1.807) is 0 Å². The summed E-state index contributed by atoms with van der Waals surface area (Å²) in [6.45, 7) is 15.4. The Bertz CT molecular complexity index is 1230. The van der Waals surface area contributed by atoms with E-state index in [0.717, 1.165) is 17.5 Å². The minimum atomic E-state index is 0.106. The van der Waals surface area contributed by atoms with E-state index in [4.69, 9.17) is 16.9 Å². The highest BCUT2D eigenvalue weighted by Gasteiger charge is 2.03. The quantitative estimate of drug-likeness (QED) is 0.170. The van der Waals surface area contributed by atoms with Crippen LogP contribution in [0.5, 0.6) is 0 Å². The highest BCUT2D eigenvalue weighted by molar-refractivity contribution is 5.95. The Morgan fingerprint density at radius 3 is 1.55 bits per heavy atom. The summed E-state index contributed by atoms with van der Waals surface area (Å²) in [5.74, 6) is 0.806. The molecule has 0 atom stereocenters. The monoisotopic (exact) mass is 535 g/mol. The third kappa shape index (κ3) is 12.7. The largest absolute Gasteiger partial charge is 0.384 e. The van der Waals surface area contributed by atoms with Crippen LogP contribution in [0.3, 0.4) is 0 Å². The van der Waals surface area contributed by atoms with Gasteiger partial charge in [-0.05, 0) is 60.9 Å². The molecule has 40 heavy (non-hydrogen) atoms. The Labute approximate surface area is 243 Å². The van der Waals surface area contributed by atoms with E-state index in [2.05, 4.69) is 101 Å². The van der Waals surface area contributed by atoms with E-state index in [0.29, 0.717) is 12.5 Å². The third-order valence-electron chi connectivity index (χ3n) is 6.06. The molecule has 0 heterocycles.